The third-order valence-electron chi connectivity index (χ3n) is 2.70. The average molecular weight is 270 g/mol. The van der Waals surface area contributed by atoms with Crippen molar-refractivity contribution < 1.29 is 14.3 Å². The SMILES string of the molecule is CC(C)(C)OC(=O)N1CCC(OCCN=[N+]=[N-])CC1. The predicted molar refractivity (Wildman–Crippen MR) is 70.8 cm³/mol. The minimum atomic E-state index is -0.459. The van der Waals surface area contributed by atoms with Crippen molar-refractivity contribution in [3.8, 4) is 0 Å². The summed E-state index contributed by atoms with van der Waals surface area (Å²) in [6, 6.07) is 0. The molecule has 0 bridgehead atoms. The van der Waals surface area contributed by atoms with Crippen LogP contribution in [0.15, 0.2) is 5.11 Å². The van der Waals surface area contributed by atoms with E-state index in [0.29, 0.717) is 26.2 Å². The lowest BCUT2D eigenvalue weighted by Gasteiger charge is -2.33. The molecule has 108 valence electrons. The first-order chi connectivity index (χ1) is 8.92. The first-order valence-electron chi connectivity index (χ1n) is 6.53. The Kier molecular flexibility index (Phi) is 5.92. The van der Waals surface area contributed by atoms with E-state index in [4.69, 9.17) is 15.0 Å². The molecular weight excluding hydrogens is 248 g/mol. The van der Waals surface area contributed by atoms with Crippen LogP contribution in [0.4, 0.5) is 4.79 Å². The lowest BCUT2D eigenvalue weighted by molar-refractivity contribution is -0.00930. The first kappa shape index (κ1) is 15.6. The molecule has 0 aromatic rings. The van der Waals surface area contributed by atoms with Crippen molar-refractivity contribution in [2.45, 2.75) is 45.3 Å². The van der Waals surface area contributed by atoms with E-state index in [1.807, 2.05) is 20.8 Å². The van der Waals surface area contributed by atoms with Crippen LogP contribution in [0.5, 0.6) is 0 Å². The molecule has 1 amide bonds. The van der Waals surface area contributed by atoms with Gasteiger partial charge in [0.1, 0.15) is 5.60 Å². The Morgan fingerprint density at radius 1 is 1.42 bits per heavy atom. The lowest BCUT2D eigenvalue weighted by atomic mass is 10.1. The Labute approximate surface area is 113 Å². The van der Waals surface area contributed by atoms with Gasteiger partial charge >= 0.3 is 6.09 Å². The molecule has 7 nitrogen and oxygen atoms in total. The highest BCUT2D eigenvalue weighted by Crippen LogP contribution is 2.17. The molecule has 0 aliphatic carbocycles. The molecule has 1 aliphatic rings. The second kappa shape index (κ2) is 7.21. The Morgan fingerprint density at radius 2 is 2.05 bits per heavy atom. The summed E-state index contributed by atoms with van der Waals surface area (Å²) in [4.78, 5) is 16.2. The van der Waals surface area contributed by atoms with Crippen molar-refractivity contribution in [1.82, 2.24) is 4.90 Å². The molecule has 0 saturated carbocycles. The molecule has 1 aliphatic heterocycles. The van der Waals surface area contributed by atoms with Crippen LogP contribution in [0.2, 0.25) is 0 Å². The summed E-state index contributed by atoms with van der Waals surface area (Å²) < 4.78 is 10.9. The van der Waals surface area contributed by atoms with Gasteiger partial charge in [-0.15, -0.1) is 0 Å². The number of nitrogens with zero attached hydrogens (tertiary/aromatic N) is 4. The zero-order chi connectivity index (χ0) is 14.3. The molecule has 0 radical (unpaired) electrons. The first-order valence-corrected chi connectivity index (χ1v) is 6.53. The van der Waals surface area contributed by atoms with Crippen LogP contribution in [0.1, 0.15) is 33.6 Å². The number of likely N-dealkylation sites (tertiary alicyclic amines) is 1. The maximum Gasteiger partial charge on any atom is 0.410 e. The number of carbonyl (C=O) groups is 1. The lowest BCUT2D eigenvalue weighted by Crippen LogP contribution is -2.43. The summed E-state index contributed by atoms with van der Waals surface area (Å²) in [5.74, 6) is 0. The molecule has 0 aromatic heterocycles. The van der Waals surface area contributed by atoms with Crippen molar-refractivity contribution in [3.63, 3.8) is 0 Å². The van der Waals surface area contributed by atoms with Gasteiger partial charge in [0.2, 0.25) is 0 Å². The monoisotopic (exact) mass is 270 g/mol. The van der Waals surface area contributed by atoms with Crippen LogP contribution in [0.25, 0.3) is 10.4 Å². The van der Waals surface area contributed by atoms with Crippen LogP contribution in [0.3, 0.4) is 0 Å². The smallest absolute Gasteiger partial charge is 0.410 e. The highest BCUT2D eigenvalue weighted by atomic mass is 16.6. The van der Waals surface area contributed by atoms with E-state index < -0.39 is 5.60 Å². The van der Waals surface area contributed by atoms with E-state index in [1.54, 1.807) is 4.90 Å². The zero-order valence-electron chi connectivity index (χ0n) is 11.8. The third kappa shape index (κ3) is 6.31. The van der Waals surface area contributed by atoms with Gasteiger partial charge in [0.05, 0.1) is 12.7 Å². The maximum atomic E-state index is 11.8. The topological polar surface area (TPSA) is 87.5 Å². The number of rotatable bonds is 4. The van der Waals surface area contributed by atoms with Crippen LogP contribution in [-0.2, 0) is 9.47 Å². The summed E-state index contributed by atoms with van der Waals surface area (Å²) in [5.41, 5.74) is 7.68. The molecular formula is C12H22N4O3. The Hall–Kier alpha value is -1.46. The fraction of sp³-hybridized carbons (Fsp3) is 0.917. The molecule has 7 heteroatoms. The number of hydrogen-bond acceptors (Lipinski definition) is 4. The Bertz CT molecular complexity index is 339. The number of azide groups is 1. The summed E-state index contributed by atoms with van der Waals surface area (Å²) in [6.07, 6.45) is 1.44. The van der Waals surface area contributed by atoms with E-state index in [0.717, 1.165) is 12.8 Å². The number of hydrogen-bond donors (Lipinski definition) is 0. The Morgan fingerprint density at radius 3 is 2.58 bits per heavy atom. The minimum Gasteiger partial charge on any atom is -0.444 e. The Balaban J connectivity index is 2.25. The number of ether oxygens (including phenoxy) is 2. The van der Waals surface area contributed by atoms with E-state index in [2.05, 4.69) is 10.0 Å². The highest BCUT2D eigenvalue weighted by molar-refractivity contribution is 5.68. The summed E-state index contributed by atoms with van der Waals surface area (Å²) in [7, 11) is 0. The van der Waals surface area contributed by atoms with E-state index in [9.17, 15) is 4.79 Å². The summed E-state index contributed by atoms with van der Waals surface area (Å²) >= 11 is 0. The molecule has 1 saturated heterocycles. The van der Waals surface area contributed by atoms with Gasteiger partial charge < -0.3 is 14.4 Å². The van der Waals surface area contributed by atoms with Crippen molar-refractivity contribution in [2.24, 2.45) is 5.11 Å². The number of amides is 1. The number of carbonyl (C=O) groups excluding carboxylic acids is 1. The van der Waals surface area contributed by atoms with E-state index >= 15 is 0 Å². The number of piperidine rings is 1. The van der Waals surface area contributed by atoms with Gasteiger partial charge in [0.15, 0.2) is 0 Å². The fourth-order valence-electron chi connectivity index (χ4n) is 1.84. The molecule has 0 aromatic carbocycles. The predicted octanol–water partition coefficient (Wildman–Crippen LogP) is 2.71. The minimum absolute atomic E-state index is 0.132. The molecule has 1 fully saturated rings. The summed E-state index contributed by atoms with van der Waals surface area (Å²) in [6.45, 7) is 7.63. The molecule has 0 N–H and O–H groups in total. The third-order valence-corrected chi connectivity index (χ3v) is 2.70. The maximum absolute atomic E-state index is 11.8. The van der Waals surface area contributed by atoms with Crippen LogP contribution >= 0.6 is 0 Å². The van der Waals surface area contributed by atoms with Crippen molar-refractivity contribution in [3.05, 3.63) is 10.4 Å². The quantitative estimate of drug-likeness (QED) is 0.340. The fourth-order valence-corrected chi connectivity index (χ4v) is 1.84. The normalized spacial score (nSPS) is 16.9. The molecule has 0 unspecified atom stereocenters. The molecule has 1 rings (SSSR count). The highest BCUT2D eigenvalue weighted by Gasteiger charge is 2.26. The molecule has 1 heterocycles. The van der Waals surface area contributed by atoms with Crippen LogP contribution in [0, 0.1) is 0 Å². The van der Waals surface area contributed by atoms with Crippen LogP contribution in [-0.4, -0.2) is 48.9 Å². The zero-order valence-corrected chi connectivity index (χ0v) is 11.8. The van der Waals surface area contributed by atoms with Gasteiger partial charge in [-0.05, 0) is 39.1 Å². The average Bonchev–Trinajstić information content (AvgIpc) is 2.33. The van der Waals surface area contributed by atoms with Gasteiger partial charge in [-0.25, -0.2) is 4.79 Å². The van der Waals surface area contributed by atoms with Crippen molar-refractivity contribution in [1.29, 1.82) is 0 Å². The standard InChI is InChI=1S/C12H22N4O3/c1-12(2,3)19-11(17)16-7-4-10(5-8-16)18-9-6-14-15-13/h10H,4-9H2,1-3H3. The molecule has 19 heavy (non-hydrogen) atoms. The molecule has 0 atom stereocenters. The largest absolute Gasteiger partial charge is 0.444 e. The van der Waals surface area contributed by atoms with Gasteiger partial charge in [-0.3, -0.25) is 0 Å². The molecule has 0 spiro atoms. The second-order valence-corrected chi connectivity index (χ2v) is 5.49. The van der Waals surface area contributed by atoms with Gasteiger partial charge in [0.25, 0.3) is 0 Å². The van der Waals surface area contributed by atoms with Gasteiger partial charge in [-0.2, -0.15) is 0 Å². The van der Waals surface area contributed by atoms with E-state index in [-0.39, 0.29) is 12.2 Å². The van der Waals surface area contributed by atoms with Gasteiger partial charge in [-0.1, -0.05) is 5.11 Å². The van der Waals surface area contributed by atoms with Crippen molar-refractivity contribution in [2.75, 3.05) is 26.2 Å². The van der Waals surface area contributed by atoms with Crippen LogP contribution < -0.4 is 0 Å². The second-order valence-electron chi connectivity index (χ2n) is 5.49. The summed E-state index contributed by atoms with van der Waals surface area (Å²) in [5, 5.41) is 3.41. The van der Waals surface area contributed by atoms with Crippen molar-refractivity contribution >= 4 is 6.09 Å². The van der Waals surface area contributed by atoms with E-state index in [1.165, 1.54) is 0 Å². The van der Waals surface area contributed by atoms with Gasteiger partial charge in [0, 0.05) is 24.5 Å².